The van der Waals surface area contributed by atoms with Crippen LogP contribution in [0.25, 0.3) is 10.9 Å². The zero-order valence-electron chi connectivity index (χ0n) is 15.8. The molecule has 0 saturated heterocycles. The molecule has 0 bridgehead atoms. The summed E-state index contributed by atoms with van der Waals surface area (Å²) in [6, 6.07) is 13.2. The molecule has 3 rings (SSSR count). The van der Waals surface area contributed by atoms with Crippen LogP contribution in [-0.2, 0) is 16.0 Å². The number of esters is 1. The normalized spacial score (nSPS) is 10.6. The second kappa shape index (κ2) is 9.32. The molecular weight excluding hydrogens is 376 g/mol. The van der Waals surface area contributed by atoms with E-state index < -0.39 is 5.97 Å². The van der Waals surface area contributed by atoms with Crippen LogP contribution in [0.1, 0.15) is 15.9 Å². The second-order valence-electron chi connectivity index (χ2n) is 6.10. The number of carbonyl (C=O) groups excluding carboxylic acids is 2. The van der Waals surface area contributed by atoms with E-state index in [0.29, 0.717) is 24.3 Å². The van der Waals surface area contributed by atoms with E-state index in [2.05, 4.69) is 10.3 Å². The van der Waals surface area contributed by atoms with Gasteiger partial charge in [-0.1, -0.05) is 18.2 Å². The molecule has 146 valence electrons. The molecule has 1 heterocycles. The number of aromatic nitrogens is 1. The van der Waals surface area contributed by atoms with Crippen LogP contribution in [0, 0.1) is 0 Å². The molecule has 0 unspecified atom stereocenters. The number of benzene rings is 2. The van der Waals surface area contributed by atoms with Gasteiger partial charge in [0, 0.05) is 28.5 Å². The van der Waals surface area contributed by atoms with E-state index >= 15 is 0 Å². The molecule has 2 aromatic carbocycles. The van der Waals surface area contributed by atoms with Crippen LogP contribution in [0.3, 0.4) is 0 Å². The third kappa shape index (κ3) is 4.67. The van der Waals surface area contributed by atoms with Gasteiger partial charge in [-0.05, 0) is 42.5 Å². The first-order valence-corrected chi connectivity index (χ1v) is 10.1. The van der Waals surface area contributed by atoms with Gasteiger partial charge in [0.15, 0.2) is 6.61 Å². The molecular formula is C21H22N2O4S. The largest absolute Gasteiger partial charge is 0.496 e. The van der Waals surface area contributed by atoms with E-state index in [-0.39, 0.29) is 12.5 Å². The van der Waals surface area contributed by atoms with Crippen LogP contribution in [-0.4, -0.2) is 43.4 Å². The number of para-hydroxylation sites is 1. The summed E-state index contributed by atoms with van der Waals surface area (Å²) >= 11 is 1.55. The van der Waals surface area contributed by atoms with E-state index in [1.165, 1.54) is 7.11 Å². The zero-order valence-corrected chi connectivity index (χ0v) is 16.6. The number of ether oxygens (including phenoxy) is 2. The number of fused-ring (bicyclic) bond motifs is 1. The van der Waals surface area contributed by atoms with E-state index in [1.807, 2.05) is 42.8 Å². The summed E-state index contributed by atoms with van der Waals surface area (Å²) in [5, 5.41) is 3.92. The predicted octanol–water partition coefficient (Wildman–Crippen LogP) is 3.41. The Bertz CT molecular complexity index is 983. The van der Waals surface area contributed by atoms with Gasteiger partial charge in [-0.3, -0.25) is 4.79 Å². The lowest BCUT2D eigenvalue weighted by Crippen LogP contribution is -2.30. The van der Waals surface area contributed by atoms with Crippen molar-refractivity contribution in [2.45, 2.75) is 11.3 Å². The lowest BCUT2D eigenvalue weighted by Gasteiger charge is -2.10. The van der Waals surface area contributed by atoms with Crippen LogP contribution >= 0.6 is 11.8 Å². The summed E-state index contributed by atoms with van der Waals surface area (Å²) in [6.45, 7) is 0.129. The van der Waals surface area contributed by atoms with Gasteiger partial charge in [-0.2, -0.15) is 0 Å². The van der Waals surface area contributed by atoms with Gasteiger partial charge < -0.3 is 19.8 Å². The van der Waals surface area contributed by atoms with Crippen molar-refractivity contribution < 1.29 is 19.1 Å². The maximum atomic E-state index is 12.2. The van der Waals surface area contributed by atoms with E-state index in [0.717, 1.165) is 21.4 Å². The topological polar surface area (TPSA) is 80.4 Å². The van der Waals surface area contributed by atoms with Gasteiger partial charge in [-0.15, -0.1) is 11.8 Å². The molecule has 0 radical (unpaired) electrons. The number of aromatic amines is 1. The smallest absolute Gasteiger partial charge is 0.342 e. The molecule has 0 aliphatic rings. The van der Waals surface area contributed by atoms with Crippen LogP contribution in [0.4, 0.5) is 0 Å². The molecule has 7 heteroatoms. The van der Waals surface area contributed by atoms with Gasteiger partial charge in [0.05, 0.1) is 7.11 Å². The highest BCUT2D eigenvalue weighted by Crippen LogP contribution is 2.25. The SMILES string of the molecule is COc1cc(SC)ccc1C(=O)OCC(=O)NCCc1c[nH]c2ccccc12. The van der Waals surface area contributed by atoms with Crippen molar-refractivity contribution in [3.63, 3.8) is 0 Å². The molecule has 0 saturated carbocycles. The Balaban J connectivity index is 1.48. The Morgan fingerprint density at radius 2 is 2.00 bits per heavy atom. The highest BCUT2D eigenvalue weighted by molar-refractivity contribution is 7.98. The Labute approximate surface area is 167 Å². The van der Waals surface area contributed by atoms with E-state index in [4.69, 9.17) is 9.47 Å². The number of hydrogen-bond acceptors (Lipinski definition) is 5. The van der Waals surface area contributed by atoms with Gasteiger partial charge in [0.2, 0.25) is 0 Å². The monoisotopic (exact) mass is 398 g/mol. The summed E-state index contributed by atoms with van der Waals surface area (Å²) in [5.41, 5.74) is 2.50. The van der Waals surface area contributed by atoms with Crippen LogP contribution < -0.4 is 10.1 Å². The third-order valence-electron chi connectivity index (χ3n) is 4.35. The Hall–Kier alpha value is -2.93. The summed E-state index contributed by atoms with van der Waals surface area (Å²) < 4.78 is 10.4. The molecule has 2 N–H and O–H groups in total. The minimum absolute atomic E-state index is 0.298. The van der Waals surface area contributed by atoms with Crippen molar-refractivity contribution >= 4 is 34.5 Å². The first kappa shape index (κ1) is 19.8. The Morgan fingerprint density at radius 1 is 1.18 bits per heavy atom. The van der Waals surface area contributed by atoms with Crippen LogP contribution in [0.5, 0.6) is 5.75 Å². The minimum Gasteiger partial charge on any atom is -0.496 e. The first-order valence-electron chi connectivity index (χ1n) is 8.83. The number of thioether (sulfide) groups is 1. The molecule has 0 aliphatic heterocycles. The molecule has 1 aromatic heterocycles. The highest BCUT2D eigenvalue weighted by atomic mass is 32.2. The van der Waals surface area contributed by atoms with Crippen molar-refractivity contribution in [2.24, 2.45) is 0 Å². The van der Waals surface area contributed by atoms with Crippen LogP contribution in [0.2, 0.25) is 0 Å². The number of rotatable bonds is 8. The summed E-state index contributed by atoms with van der Waals surface area (Å²) in [4.78, 5) is 28.4. The third-order valence-corrected chi connectivity index (χ3v) is 5.08. The van der Waals surface area contributed by atoms with Crippen molar-refractivity contribution in [3.8, 4) is 5.75 Å². The van der Waals surface area contributed by atoms with Gasteiger partial charge in [-0.25, -0.2) is 4.79 Å². The lowest BCUT2D eigenvalue weighted by atomic mass is 10.1. The molecule has 28 heavy (non-hydrogen) atoms. The van der Waals surface area contributed by atoms with Crippen molar-refractivity contribution in [2.75, 3.05) is 26.5 Å². The fourth-order valence-electron chi connectivity index (χ4n) is 2.90. The molecule has 3 aromatic rings. The maximum absolute atomic E-state index is 12.2. The number of carbonyl (C=O) groups is 2. The quantitative estimate of drug-likeness (QED) is 0.449. The first-order chi connectivity index (χ1) is 13.6. The average Bonchev–Trinajstić information content (AvgIpc) is 3.14. The lowest BCUT2D eigenvalue weighted by molar-refractivity contribution is -0.124. The number of nitrogens with one attached hydrogen (secondary N) is 2. The zero-order chi connectivity index (χ0) is 19.9. The Morgan fingerprint density at radius 3 is 2.79 bits per heavy atom. The Kier molecular flexibility index (Phi) is 6.60. The number of H-pyrrole nitrogens is 1. The van der Waals surface area contributed by atoms with Crippen molar-refractivity contribution in [1.82, 2.24) is 10.3 Å². The second-order valence-corrected chi connectivity index (χ2v) is 6.98. The fraction of sp³-hybridized carbons (Fsp3) is 0.238. The summed E-state index contributed by atoms with van der Waals surface area (Å²) in [5.74, 6) is -0.499. The number of amides is 1. The van der Waals surface area contributed by atoms with Gasteiger partial charge in [0.25, 0.3) is 5.91 Å². The number of methoxy groups -OCH3 is 1. The maximum Gasteiger partial charge on any atom is 0.342 e. The van der Waals surface area contributed by atoms with Crippen molar-refractivity contribution in [1.29, 1.82) is 0 Å². The summed E-state index contributed by atoms with van der Waals surface area (Å²) in [6.07, 6.45) is 4.57. The van der Waals surface area contributed by atoms with E-state index in [9.17, 15) is 9.59 Å². The number of hydrogen-bond donors (Lipinski definition) is 2. The fourth-order valence-corrected chi connectivity index (χ4v) is 3.33. The standard InChI is InChI=1S/C21H22N2O4S/c1-26-19-11-15(28-2)7-8-17(19)21(25)27-13-20(24)22-10-9-14-12-23-18-6-4-3-5-16(14)18/h3-8,11-12,23H,9-10,13H2,1-2H3,(H,22,24). The molecule has 1 amide bonds. The van der Waals surface area contributed by atoms with E-state index in [1.54, 1.807) is 23.9 Å². The van der Waals surface area contributed by atoms with Gasteiger partial charge in [0.1, 0.15) is 11.3 Å². The minimum atomic E-state index is -0.587. The highest BCUT2D eigenvalue weighted by Gasteiger charge is 2.16. The summed E-state index contributed by atoms with van der Waals surface area (Å²) in [7, 11) is 1.49. The molecule has 0 atom stereocenters. The molecule has 6 nitrogen and oxygen atoms in total. The predicted molar refractivity (Wildman–Crippen MR) is 110 cm³/mol. The van der Waals surface area contributed by atoms with Crippen molar-refractivity contribution in [3.05, 3.63) is 59.8 Å². The molecule has 0 aliphatic carbocycles. The molecule has 0 spiro atoms. The van der Waals surface area contributed by atoms with Gasteiger partial charge >= 0.3 is 5.97 Å². The average molecular weight is 398 g/mol. The van der Waals surface area contributed by atoms with Crippen LogP contribution in [0.15, 0.2) is 53.6 Å². The molecule has 0 fully saturated rings.